The first-order chi connectivity index (χ1) is 19.6. The van der Waals surface area contributed by atoms with Gasteiger partial charge in [-0.05, 0) is 82.2 Å². The van der Waals surface area contributed by atoms with Crippen molar-refractivity contribution in [2.75, 3.05) is 0 Å². The third-order valence-corrected chi connectivity index (χ3v) is 6.85. The lowest BCUT2D eigenvalue weighted by Gasteiger charge is -2.15. The predicted octanol–water partition coefficient (Wildman–Crippen LogP) is 6.87. The van der Waals surface area contributed by atoms with Crippen molar-refractivity contribution in [1.29, 1.82) is 21.0 Å². The molecule has 0 N–H and O–H groups in total. The highest BCUT2D eigenvalue weighted by molar-refractivity contribution is 6.26. The zero-order valence-electron chi connectivity index (χ0n) is 20.9. The van der Waals surface area contributed by atoms with E-state index >= 15 is 0 Å². The molecule has 0 radical (unpaired) electrons. The molecule has 0 saturated heterocycles. The van der Waals surface area contributed by atoms with Crippen molar-refractivity contribution in [2.24, 2.45) is 0 Å². The summed E-state index contributed by atoms with van der Waals surface area (Å²) in [6, 6.07) is 34.3. The Morgan fingerprint density at radius 2 is 0.650 bits per heavy atom. The van der Waals surface area contributed by atoms with Crippen LogP contribution in [-0.2, 0) is 0 Å². The van der Waals surface area contributed by atoms with Gasteiger partial charge in [-0.3, -0.25) is 0 Å². The average molecular weight is 503 g/mol. The molecule has 4 nitrogen and oxygen atoms in total. The number of hydrogen-bond donors (Lipinski definition) is 0. The first-order valence-corrected chi connectivity index (χ1v) is 12.3. The lowest BCUT2D eigenvalue weighted by molar-refractivity contribution is 1.48. The summed E-state index contributed by atoms with van der Waals surface area (Å²) in [7, 11) is 0. The summed E-state index contributed by atoms with van der Waals surface area (Å²) >= 11 is 0. The molecular weight excluding hydrogens is 488 g/mol. The summed E-state index contributed by atoms with van der Waals surface area (Å²) in [4.78, 5) is 0. The third-order valence-electron chi connectivity index (χ3n) is 6.85. The van der Waals surface area contributed by atoms with E-state index in [2.05, 4.69) is 48.0 Å². The molecule has 0 unspecified atom stereocenters. The highest BCUT2D eigenvalue weighted by Gasteiger charge is 2.17. The van der Waals surface area contributed by atoms with Gasteiger partial charge in [0.2, 0.25) is 0 Å². The summed E-state index contributed by atoms with van der Waals surface area (Å²) in [5, 5.41) is 43.2. The predicted molar refractivity (Wildman–Crippen MR) is 154 cm³/mol. The van der Waals surface area contributed by atoms with Crippen LogP contribution >= 0.6 is 0 Å². The molecule has 6 aromatic rings. The first kappa shape index (κ1) is 23.8. The van der Waals surface area contributed by atoms with Crippen LogP contribution in [0.1, 0.15) is 44.5 Å². The van der Waals surface area contributed by atoms with Crippen molar-refractivity contribution in [3.63, 3.8) is 0 Å². The molecule has 0 atom stereocenters. The normalized spacial score (nSPS) is 10.0. The van der Waals surface area contributed by atoms with Gasteiger partial charge in [0.15, 0.2) is 0 Å². The van der Waals surface area contributed by atoms with Crippen LogP contribution in [0.15, 0.2) is 84.9 Å². The van der Waals surface area contributed by atoms with Crippen LogP contribution in [0.2, 0.25) is 0 Å². The van der Waals surface area contributed by atoms with Crippen molar-refractivity contribution in [1.82, 2.24) is 0 Å². The molecule has 4 heteroatoms. The van der Waals surface area contributed by atoms with Crippen molar-refractivity contribution in [3.05, 3.63) is 129 Å². The fourth-order valence-electron chi connectivity index (χ4n) is 4.92. The lowest BCUT2D eigenvalue weighted by Crippen LogP contribution is -1.94. The molecule has 0 fully saturated rings. The highest BCUT2D eigenvalue weighted by atomic mass is 14.3. The van der Waals surface area contributed by atoms with Crippen molar-refractivity contribution in [3.8, 4) is 48.0 Å². The Balaban J connectivity index is 1.61. The summed E-state index contributed by atoms with van der Waals surface area (Å²) in [6.07, 6.45) is 0. The van der Waals surface area contributed by atoms with E-state index in [9.17, 15) is 10.5 Å². The molecule has 0 aliphatic rings. The number of benzene rings is 6. The van der Waals surface area contributed by atoms with Gasteiger partial charge in [0, 0.05) is 33.0 Å². The SMILES string of the molecule is N#Cc1ccc(C#Cc2cc(C#N)c3ccc4c(C#N)cc(C#Cc5ccc(C#N)cc5)c5ccc2c3c45)cc1. The smallest absolute Gasteiger partial charge is 0.0998 e. The Morgan fingerprint density at radius 3 is 0.975 bits per heavy atom. The van der Waals surface area contributed by atoms with Crippen LogP contribution in [-0.4, -0.2) is 0 Å². The zero-order valence-corrected chi connectivity index (χ0v) is 20.9. The molecule has 0 amide bonds. The van der Waals surface area contributed by atoms with Gasteiger partial charge in [-0.15, -0.1) is 0 Å². The minimum absolute atomic E-state index is 0.499. The second-order valence-electron chi connectivity index (χ2n) is 9.12. The van der Waals surface area contributed by atoms with E-state index in [1.54, 1.807) is 60.7 Å². The summed E-state index contributed by atoms with van der Waals surface area (Å²) < 4.78 is 0. The number of nitriles is 4. The maximum Gasteiger partial charge on any atom is 0.0998 e. The standard InChI is InChI=1S/C36H14N4/c37-19-25-5-1-23(2-6-25)9-11-27-17-29(21-39)33-15-16-34-30(22-40)18-28(32-14-13-31(27)35(33)36(32)34)12-10-24-3-7-26(20-38)8-4-24/h1-8,13-18H. The molecule has 0 spiro atoms. The van der Waals surface area contributed by atoms with Gasteiger partial charge < -0.3 is 0 Å². The molecule has 0 saturated carbocycles. The van der Waals surface area contributed by atoms with Crippen molar-refractivity contribution >= 4 is 32.3 Å². The quantitative estimate of drug-likeness (QED) is 0.167. The van der Waals surface area contributed by atoms with Gasteiger partial charge in [0.1, 0.15) is 0 Å². The molecule has 0 aromatic heterocycles. The van der Waals surface area contributed by atoms with Gasteiger partial charge in [0.05, 0.1) is 46.5 Å². The van der Waals surface area contributed by atoms with Gasteiger partial charge in [-0.1, -0.05) is 47.9 Å². The number of hydrogen-bond acceptors (Lipinski definition) is 4. The molecule has 40 heavy (non-hydrogen) atoms. The van der Waals surface area contributed by atoms with Crippen LogP contribution in [0.5, 0.6) is 0 Å². The van der Waals surface area contributed by atoms with Gasteiger partial charge in [0.25, 0.3) is 0 Å². The molecule has 0 heterocycles. The lowest BCUT2D eigenvalue weighted by atomic mass is 9.86. The van der Waals surface area contributed by atoms with Crippen LogP contribution in [0.4, 0.5) is 0 Å². The Kier molecular flexibility index (Phi) is 5.79. The largest absolute Gasteiger partial charge is 0.192 e. The Hall–Kier alpha value is -6.56. The van der Waals surface area contributed by atoms with E-state index in [0.29, 0.717) is 33.4 Å². The number of rotatable bonds is 0. The summed E-state index contributed by atoms with van der Waals surface area (Å²) in [5.74, 6) is 12.8. The second kappa shape index (κ2) is 9.72. The molecular formula is C36H14N4. The minimum Gasteiger partial charge on any atom is -0.192 e. The topological polar surface area (TPSA) is 95.2 Å². The molecule has 6 aromatic carbocycles. The Labute approximate surface area is 230 Å². The molecule has 178 valence electrons. The summed E-state index contributed by atoms with van der Waals surface area (Å²) in [5.41, 5.74) is 5.05. The van der Waals surface area contributed by atoms with E-state index < -0.39 is 0 Å². The fourth-order valence-corrected chi connectivity index (χ4v) is 4.92. The highest BCUT2D eigenvalue weighted by Crippen LogP contribution is 2.40. The summed E-state index contributed by atoms with van der Waals surface area (Å²) in [6.45, 7) is 0. The van der Waals surface area contributed by atoms with Crippen molar-refractivity contribution < 1.29 is 0 Å². The first-order valence-electron chi connectivity index (χ1n) is 12.3. The Bertz CT molecular complexity index is 2130. The Morgan fingerprint density at radius 1 is 0.325 bits per heavy atom. The maximum absolute atomic E-state index is 10.0. The third kappa shape index (κ3) is 3.99. The van der Waals surface area contributed by atoms with E-state index in [4.69, 9.17) is 10.5 Å². The second-order valence-corrected chi connectivity index (χ2v) is 9.12. The number of nitrogens with zero attached hydrogens (tertiary/aromatic N) is 4. The zero-order chi connectivity index (χ0) is 27.6. The molecule has 0 aliphatic heterocycles. The maximum atomic E-state index is 10.0. The van der Waals surface area contributed by atoms with E-state index in [1.807, 2.05) is 24.3 Å². The average Bonchev–Trinajstić information content (AvgIpc) is 3.02. The van der Waals surface area contributed by atoms with E-state index in [0.717, 1.165) is 43.4 Å². The van der Waals surface area contributed by atoms with Crippen LogP contribution in [0.3, 0.4) is 0 Å². The molecule has 0 aliphatic carbocycles. The molecule has 0 bridgehead atoms. The molecule has 6 rings (SSSR count). The van der Waals surface area contributed by atoms with E-state index in [-0.39, 0.29) is 0 Å². The fraction of sp³-hybridized carbons (Fsp3) is 0. The van der Waals surface area contributed by atoms with Gasteiger partial charge in [-0.2, -0.15) is 21.0 Å². The van der Waals surface area contributed by atoms with Crippen LogP contribution in [0.25, 0.3) is 32.3 Å². The van der Waals surface area contributed by atoms with Crippen LogP contribution < -0.4 is 0 Å². The monoisotopic (exact) mass is 502 g/mol. The minimum atomic E-state index is 0.499. The van der Waals surface area contributed by atoms with Gasteiger partial charge in [-0.25, -0.2) is 0 Å². The van der Waals surface area contributed by atoms with Crippen LogP contribution in [0, 0.1) is 69.0 Å². The van der Waals surface area contributed by atoms with E-state index in [1.165, 1.54) is 0 Å². The van der Waals surface area contributed by atoms with Gasteiger partial charge >= 0.3 is 0 Å². The van der Waals surface area contributed by atoms with Crippen molar-refractivity contribution in [2.45, 2.75) is 0 Å².